The molecule has 0 radical (unpaired) electrons. The molecule has 0 bridgehead atoms. The van der Waals surface area contributed by atoms with Gasteiger partial charge in [0.15, 0.2) is 0 Å². The molecular formula is C16H24O2. The second kappa shape index (κ2) is 13.3. The van der Waals surface area contributed by atoms with Crippen LogP contribution in [0.3, 0.4) is 0 Å². The summed E-state index contributed by atoms with van der Waals surface area (Å²) in [4.78, 5) is 10.7. The molecule has 0 heterocycles. The highest BCUT2D eigenvalue weighted by atomic mass is 16.5. The van der Waals surface area contributed by atoms with E-state index in [0.717, 1.165) is 5.56 Å². The summed E-state index contributed by atoms with van der Waals surface area (Å²) in [5.41, 5.74) is 1.99. The molecule has 1 aromatic rings. The number of benzene rings is 1. The Labute approximate surface area is 111 Å². The number of hydrogen-bond acceptors (Lipinski definition) is 2. The molecule has 1 rings (SSSR count). The van der Waals surface area contributed by atoms with Gasteiger partial charge in [0.25, 0.3) is 0 Å². The summed E-state index contributed by atoms with van der Waals surface area (Å²) in [6.45, 7) is 10.2. The number of esters is 1. The van der Waals surface area contributed by atoms with Gasteiger partial charge < -0.3 is 4.74 Å². The summed E-state index contributed by atoms with van der Waals surface area (Å²) >= 11 is 0. The van der Waals surface area contributed by atoms with E-state index in [1.54, 1.807) is 0 Å². The van der Waals surface area contributed by atoms with Crippen molar-refractivity contribution in [1.82, 2.24) is 0 Å². The summed E-state index contributed by atoms with van der Waals surface area (Å²) in [5, 5.41) is 0. The van der Waals surface area contributed by atoms with E-state index in [0.29, 0.717) is 0 Å². The zero-order valence-electron chi connectivity index (χ0n) is 12.3. The highest BCUT2D eigenvalue weighted by Crippen LogP contribution is 2.00. The number of carbonyl (C=O) groups is 1. The predicted molar refractivity (Wildman–Crippen MR) is 77.4 cm³/mol. The van der Waals surface area contributed by atoms with Gasteiger partial charge in [0.2, 0.25) is 0 Å². The van der Waals surface area contributed by atoms with Gasteiger partial charge in [-0.3, -0.25) is 0 Å². The van der Waals surface area contributed by atoms with E-state index in [2.05, 4.69) is 30.4 Å². The second-order valence-electron chi connectivity index (χ2n) is 3.31. The Morgan fingerprint density at radius 1 is 1.17 bits per heavy atom. The molecule has 0 aliphatic rings. The standard InChI is InChI=1S/C11H10O2.C3H8.C2H6/c1-9-3-5-10(6-4-9)7-8-11(12)13-2;1-3-2;1-2/h3-6H,1-2H3;3H2,1-2H3;1-2H3. The van der Waals surface area contributed by atoms with Crippen LogP contribution < -0.4 is 0 Å². The van der Waals surface area contributed by atoms with E-state index < -0.39 is 5.97 Å². The van der Waals surface area contributed by atoms with Gasteiger partial charge in [0, 0.05) is 11.5 Å². The third-order valence-corrected chi connectivity index (χ3v) is 1.55. The number of carbonyl (C=O) groups excluding carboxylic acids is 1. The van der Waals surface area contributed by atoms with Gasteiger partial charge in [-0.1, -0.05) is 57.7 Å². The van der Waals surface area contributed by atoms with Gasteiger partial charge in [0.1, 0.15) is 0 Å². The molecule has 0 saturated carbocycles. The minimum atomic E-state index is -0.513. The maximum atomic E-state index is 10.7. The molecule has 1 aromatic carbocycles. The lowest BCUT2D eigenvalue weighted by Gasteiger charge is -1.91. The van der Waals surface area contributed by atoms with Crippen LogP contribution in [0, 0.1) is 18.8 Å². The summed E-state index contributed by atoms with van der Waals surface area (Å²) in [6, 6.07) is 7.62. The molecule has 0 aromatic heterocycles. The van der Waals surface area contributed by atoms with Crippen molar-refractivity contribution in [3.63, 3.8) is 0 Å². The maximum Gasteiger partial charge on any atom is 0.384 e. The molecular weight excluding hydrogens is 224 g/mol. The zero-order chi connectivity index (χ0) is 14.4. The topological polar surface area (TPSA) is 26.3 Å². The van der Waals surface area contributed by atoms with Crippen LogP contribution in [-0.2, 0) is 9.53 Å². The average molecular weight is 248 g/mol. The monoisotopic (exact) mass is 248 g/mol. The fraction of sp³-hybridized carbons (Fsp3) is 0.438. The normalized spacial score (nSPS) is 7.44. The third-order valence-electron chi connectivity index (χ3n) is 1.55. The first-order valence-corrected chi connectivity index (χ1v) is 6.30. The van der Waals surface area contributed by atoms with Gasteiger partial charge in [-0.2, -0.15) is 0 Å². The maximum absolute atomic E-state index is 10.7. The average Bonchev–Trinajstić information content (AvgIpc) is 2.41. The Morgan fingerprint density at radius 2 is 1.61 bits per heavy atom. The van der Waals surface area contributed by atoms with Crippen molar-refractivity contribution in [2.24, 2.45) is 0 Å². The van der Waals surface area contributed by atoms with Crippen molar-refractivity contribution in [1.29, 1.82) is 0 Å². The molecule has 0 aliphatic heterocycles. The van der Waals surface area contributed by atoms with E-state index in [9.17, 15) is 4.79 Å². The highest BCUT2D eigenvalue weighted by molar-refractivity contribution is 5.88. The Balaban J connectivity index is 0. The summed E-state index contributed by atoms with van der Waals surface area (Å²) in [6.07, 6.45) is 1.25. The first-order valence-electron chi connectivity index (χ1n) is 6.30. The lowest BCUT2D eigenvalue weighted by molar-refractivity contribution is -0.133. The molecule has 0 spiro atoms. The quantitative estimate of drug-likeness (QED) is 0.513. The van der Waals surface area contributed by atoms with Gasteiger partial charge in [-0.05, 0) is 19.1 Å². The molecule has 0 aliphatic carbocycles. The van der Waals surface area contributed by atoms with E-state index in [4.69, 9.17) is 0 Å². The first-order chi connectivity index (χ1) is 8.63. The van der Waals surface area contributed by atoms with Gasteiger partial charge in [0.05, 0.1) is 7.11 Å². The Morgan fingerprint density at radius 3 is 2.00 bits per heavy atom. The number of ether oxygens (including phenoxy) is 1. The Kier molecular flexibility index (Phi) is 13.8. The van der Waals surface area contributed by atoms with Crippen molar-refractivity contribution in [3.05, 3.63) is 35.4 Å². The van der Waals surface area contributed by atoms with Crippen molar-refractivity contribution < 1.29 is 9.53 Å². The van der Waals surface area contributed by atoms with Gasteiger partial charge in [-0.25, -0.2) is 4.79 Å². The minimum absolute atomic E-state index is 0.513. The van der Waals surface area contributed by atoms with Crippen molar-refractivity contribution in [3.8, 4) is 11.8 Å². The molecule has 18 heavy (non-hydrogen) atoms. The van der Waals surface area contributed by atoms with Crippen LogP contribution in [0.15, 0.2) is 24.3 Å². The van der Waals surface area contributed by atoms with E-state index in [1.807, 2.05) is 45.0 Å². The van der Waals surface area contributed by atoms with Crippen LogP contribution in [0.2, 0.25) is 0 Å². The number of hydrogen-bond donors (Lipinski definition) is 0. The smallest absolute Gasteiger partial charge is 0.384 e. The second-order valence-corrected chi connectivity index (χ2v) is 3.31. The number of rotatable bonds is 0. The van der Waals surface area contributed by atoms with Gasteiger partial charge >= 0.3 is 5.97 Å². The summed E-state index contributed by atoms with van der Waals surface area (Å²) in [7, 11) is 1.31. The van der Waals surface area contributed by atoms with Crippen LogP contribution in [0.4, 0.5) is 0 Å². The van der Waals surface area contributed by atoms with E-state index in [-0.39, 0.29) is 0 Å². The van der Waals surface area contributed by atoms with Gasteiger partial charge in [-0.15, -0.1) is 0 Å². The van der Waals surface area contributed by atoms with Crippen LogP contribution in [-0.4, -0.2) is 13.1 Å². The first kappa shape index (κ1) is 18.6. The third kappa shape index (κ3) is 10.8. The summed E-state index contributed by atoms with van der Waals surface area (Å²) < 4.78 is 4.38. The molecule has 0 atom stereocenters. The SMILES string of the molecule is CC.CCC.COC(=O)C#Cc1ccc(C)cc1. The van der Waals surface area contributed by atoms with Crippen molar-refractivity contribution in [2.75, 3.05) is 7.11 Å². The molecule has 0 fully saturated rings. The molecule has 0 unspecified atom stereocenters. The van der Waals surface area contributed by atoms with Crippen LogP contribution in [0.25, 0.3) is 0 Å². The predicted octanol–water partition coefficient (Wildman–Crippen LogP) is 3.96. The van der Waals surface area contributed by atoms with Crippen LogP contribution in [0.1, 0.15) is 45.2 Å². The molecule has 0 N–H and O–H groups in total. The largest absolute Gasteiger partial charge is 0.459 e. The minimum Gasteiger partial charge on any atom is -0.459 e. The summed E-state index contributed by atoms with van der Waals surface area (Å²) in [5.74, 6) is 4.54. The molecule has 0 saturated heterocycles. The number of aryl methyl sites for hydroxylation is 1. The van der Waals surface area contributed by atoms with Crippen LogP contribution in [0.5, 0.6) is 0 Å². The molecule has 100 valence electrons. The fourth-order valence-corrected chi connectivity index (χ4v) is 0.811. The molecule has 0 amide bonds. The highest BCUT2D eigenvalue weighted by Gasteiger charge is 1.90. The fourth-order valence-electron chi connectivity index (χ4n) is 0.811. The zero-order valence-corrected chi connectivity index (χ0v) is 12.3. The molecule has 2 nitrogen and oxygen atoms in total. The lowest BCUT2D eigenvalue weighted by atomic mass is 10.2. The lowest BCUT2D eigenvalue weighted by Crippen LogP contribution is -1.94. The van der Waals surface area contributed by atoms with Crippen LogP contribution >= 0.6 is 0 Å². The number of methoxy groups -OCH3 is 1. The Hall–Kier alpha value is -1.75. The van der Waals surface area contributed by atoms with E-state index in [1.165, 1.54) is 19.1 Å². The van der Waals surface area contributed by atoms with Crippen molar-refractivity contribution >= 4 is 5.97 Å². The van der Waals surface area contributed by atoms with Crippen molar-refractivity contribution in [2.45, 2.75) is 41.0 Å². The van der Waals surface area contributed by atoms with E-state index >= 15 is 0 Å². The molecule has 2 heteroatoms. The Bertz CT molecular complexity index is 366.